The summed E-state index contributed by atoms with van der Waals surface area (Å²) in [6.45, 7) is 1.45. The van der Waals surface area contributed by atoms with Crippen molar-refractivity contribution in [1.82, 2.24) is 14.8 Å². The Morgan fingerprint density at radius 2 is 1.72 bits per heavy atom. The third kappa shape index (κ3) is 3.46. The second-order valence-electron chi connectivity index (χ2n) is 7.08. The number of para-hydroxylation sites is 1. The van der Waals surface area contributed by atoms with Crippen molar-refractivity contribution in [3.05, 3.63) is 41.7 Å². The molecule has 2 aliphatic rings. The van der Waals surface area contributed by atoms with E-state index < -0.39 is 0 Å². The van der Waals surface area contributed by atoms with Gasteiger partial charge < -0.3 is 9.84 Å². The van der Waals surface area contributed by atoms with Gasteiger partial charge in [-0.2, -0.15) is 5.10 Å². The van der Waals surface area contributed by atoms with Crippen molar-refractivity contribution in [2.45, 2.75) is 56.5 Å². The molecule has 0 unspecified atom stereocenters. The number of aliphatic hydroxyl groups excluding tert-OH is 1. The highest BCUT2D eigenvalue weighted by molar-refractivity contribution is 5.34. The Hall–Kier alpha value is -1.79. The standard InChI is InChI=1S/C19H24FN3O2/c20-16-3-1-2-4-17(16)23-19(14-5-7-15(24)8-6-14)21-18(22-23)13-9-11-25-12-10-13/h1-4,13-15,24H,5-12H2. The Balaban J connectivity index is 1.72. The van der Waals surface area contributed by atoms with Gasteiger partial charge in [0.1, 0.15) is 17.3 Å². The second kappa shape index (κ2) is 7.22. The van der Waals surface area contributed by atoms with E-state index in [2.05, 4.69) is 0 Å². The highest BCUT2D eigenvalue weighted by Crippen LogP contribution is 2.35. The number of aromatic nitrogens is 3. The molecule has 25 heavy (non-hydrogen) atoms. The zero-order valence-electron chi connectivity index (χ0n) is 14.3. The van der Waals surface area contributed by atoms with Gasteiger partial charge in [0.15, 0.2) is 5.82 Å². The maximum absolute atomic E-state index is 14.4. The first kappa shape index (κ1) is 16.7. The van der Waals surface area contributed by atoms with Crippen molar-refractivity contribution >= 4 is 0 Å². The highest BCUT2D eigenvalue weighted by atomic mass is 19.1. The fraction of sp³-hybridized carbons (Fsp3) is 0.579. The summed E-state index contributed by atoms with van der Waals surface area (Å²) >= 11 is 0. The van der Waals surface area contributed by atoms with Crippen molar-refractivity contribution in [1.29, 1.82) is 0 Å². The average molecular weight is 345 g/mol. The van der Waals surface area contributed by atoms with Crippen LogP contribution in [-0.4, -0.2) is 39.2 Å². The SMILES string of the molecule is OC1CCC(c2nc(C3CCOCC3)nn2-c2ccccc2F)CC1. The number of ether oxygens (including phenoxy) is 1. The van der Waals surface area contributed by atoms with E-state index in [4.69, 9.17) is 14.8 Å². The number of rotatable bonds is 3. The molecule has 2 aromatic rings. The van der Waals surface area contributed by atoms with E-state index >= 15 is 0 Å². The van der Waals surface area contributed by atoms with Gasteiger partial charge in [-0.05, 0) is 50.7 Å². The van der Waals surface area contributed by atoms with Crippen LogP contribution in [0.25, 0.3) is 5.69 Å². The quantitative estimate of drug-likeness (QED) is 0.927. The molecule has 1 N–H and O–H groups in total. The maximum Gasteiger partial charge on any atom is 0.154 e. The Morgan fingerprint density at radius 3 is 2.44 bits per heavy atom. The Morgan fingerprint density at radius 1 is 1.00 bits per heavy atom. The lowest BCUT2D eigenvalue weighted by molar-refractivity contribution is 0.0835. The summed E-state index contributed by atoms with van der Waals surface area (Å²) in [5.74, 6) is 1.83. The molecule has 1 aliphatic heterocycles. The number of aliphatic hydroxyl groups is 1. The second-order valence-corrected chi connectivity index (χ2v) is 7.08. The van der Waals surface area contributed by atoms with Crippen molar-refractivity contribution in [2.75, 3.05) is 13.2 Å². The summed E-state index contributed by atoms with van der Waals surface area (Å²) < 4.78 is 21.5. The van der Waals surface area contributed by atoms with Crippen LogP contribution in [-0.2, 0) is 4.74 Å². The van der Waals surface area contributed by atoms with Crippen LogP contribution in [0.4, 0.5) is 4.39 Å². The van der Waals surface area contributed by atoms with Gasteiger partial charge in [-0.15, -0.1) is 0 Å². The van der Waals surface area contributed by atoms with Crippen LogP contribution in [0.1, 0.15) is 62.0 Å². The zero-order valence-corrected chi connectivity index (χ0v) is 14.3. The summed E-state index contributed by atoms with van der Waals surface area (Å²) in [4.78, 5) is 4.85. The van der Waals surface area contributed by atoms with Crippen molar-refractivity contribution < 1.29 is 14.2 Å². The number of benzene rings is 1. The molecule has 134 valence electrons. The molecule has 5 nitrogen and oxygen atoms in total. The van der Waals surface area contributed by atoms with E-state index in [1.165, 1.54) is 6.07 Å². The van der Waals surface area contributed by atoms with E-state index in [1.54, 1.807) is 16.8 Å². The summed E-state index contributed by atoms with van der Waals surface area (Å²) in [5, 5.41) is 14.5. The molecule has 2 heterocycles. The van der Waals surface area contributed by atoms with E-state index in [0.29, 0.717) is 5.69 Å². The van der Waals surface area contributed by atoms with Gasteiger partial charge >= 0.3 is 0 Å². The lowest BCUT2D eigenvalue weighted by atomic mass is 9.87. The molecule has 1 aromatic carbocycles. The van der Waals surface area contributed by atoms with E-state index in [1.807, 2.05) is 6.07 Å². The first-order chi connectivity index (χ1) is 12.2. The predicted octanol–water partition coefficient (Wildman–Crippen LogP) is 3.32. The molecule has 1 saturated heterocycles. The van der Waals surface area contributed by atoms with Gasteiger partial charge in [0, 0.05) is 25.0 Å². The number of hydrogen-bond acceptors (Lipinski definition) is 4. The van der Waals surface area contributed by atoms with Crippen molar-refractivity contribution in [3.8, 4) is 5.69 Å². The first-order valence-electron chi connectivity index (χ1n) is 9.20. The minimum Gasteiger partial charge on any atom is -0.393 e. The molecule has 0 amide bonds. The summed E-state index contributed by atoms with van der Waals surface area (Å²) in [5.41, 5.74) is 0.453. The lowest BCUT2D eigenvalue weighted by Crippen LogP contribution is -2.20. The van der Waals surface area contributed by atoms with Crippen LogP contribution >= 0.6 is 0 Å². The fourth-order valence-electron chi connectivity index (χ4n) is 3.87. The third-order valence-corrected chi connectivity index (χ3v) is 5.38. The smallest absolute Gasteiger partial charge is 0.154 e. The first-order valence-corrected chi connectivity index (χ1v) is 9.20. The molecule has 4 rings (SSSR count). The molecule has 1 aromatic heterocycles. The van der Waals surface area contributed by atoms with E-state index in [0.717, 1.165) is 63.4 Å². The molecule has 2 fully saturated rings. The zero-order chi connectivity index (χ0) is 17.2. The Kier molecular flexibility index (Phi) is 4.81. The normalized spacial score (nSPS) is 25.2. The third-order valence-electron chi connectivity index (χ3n) is 5.38. The van der Waals surface area contributed by atoms with Crippen molar-refractivity contribution in [2.24, 2.45) is 0 Å². The maximum atomic E-state index is 14.4. The predicted molar refractivity (Wildman–Crippen MR) is 91.3 cm³/mol. The molecule has 0 spiro atoms. The van der Waals surface area contributed by atoms with E-state index in [-0.39, 0.29) is 23.8 Å². The summed E-state index contributed by atoms with van der Waals surface area (Å²) in [7, 11) is 0. The largest absolute Gasteiger partial charge is 0.393 e. The number of nitrogens with zero attached hydrogens (tertiary/aromatic N) is 3. The van der Waals surface area contributed by atoms with Crippen LogP contribution in [0.15, 0.2) is 24.3 Å². The Bertz CT molecular complexity index is 719. The van der Waals surface area contributed by atoms with Crippen LogP contribution in [0.5, 0.6) is 0 Å². The topological polar surface area (TPSA) is 60.2 Å². The van der Waals surface area contributed by atoms with E-state index in [9.17, 15) is 9.50 Å². The molecule has 0 atom stereocenters. The van der Waals surface area contributed by atoms with Crippen LogP contribution < -0.4 is 0 Å². The summed E-state index contributed by atoms with van der Waals surface area (Å²) in [6, 6.07) is 6.72. The molecular weight excluding hydrogens is 321 g/mol. The van der Waals surface area contributed by atoms with Gasteiger partial charge in [-0.25, -0.2) is 14.1 Å². The lowest BCUT2D eigenvalue weighted by Gasteiger charge is -2.25. The number of halogens is 1. The molecule has 0 radical (unpaired) electrons. The fourth-order valence-corrected chi connectivity index (χ4v) is 3.87. The molecule has 6 heteroatoms. The van der Waals surface area contributed by atoms with Gasteiger partial charge in [0.2, 0.25) is 0 Å². The van der Waals surface area contributed by atoms with Gasteiger partial charge in [-0.1, -0.05) is 12.1 Å². The number of hydrogen-bond donors (Lipinski definition) is 1. The van der Waals surface area contributed by atoms with Crippen LogP contribution in [0, 0.1) is 5.82 Å². The summed E-state index contributed by atoms with van der Waals surface area (Å²) in [6.07, 6.45) is 4.84. The average Bonchev–Trinajstić information content (AvgIpc) is 3.09. The molecule has 0 bridgehead atoms. The monoisotopic (exact) mass is 345 g/mol. The molecule has 1 aliphatic carbocycles. The highest BCUT2D eigenvalue weighted by Gasteiger charge is 2.29. The molecule has 1 saturated carbocycles. The van der Waals surface area contributed by atoms with Crippen molar-refractivity contribution in [3.63, 3.8) is 0 Å². The van der Waals surface area contributed by atoms with Crippen LogP contribution in [0.2, 0.25) is 0 Å². The van der Waals surface area contributed by atoms with Gasteiger partial charge in [-0.3, -0.25) is 0 Å². The molecular formula is C19H24FN3O2. The van der Waals surface area contributed by atoms with Crippen LogP contribution in [0.3, 0.4) is 0 Å². The minimum atomic E-state index is -0.289. The van der Waals surface area contributed by atoms with Gasteiger partial charge in [0.25, 0.3) is 0 Å². The van der Waals surface area contributed by atoms with Gasteiger partial charge in [0.05, 0.1) is 6.10 Å². The minimum absolute atomic E-state index is 0.212. The Labute approximate surface area is 146 Å².